The number of aliphatic carboxylic acids is 1. The molecule has 0 radical (unpaired) electrons. The molecule has 1 rings (SSSR count). The Bertz CT molecular complexity index is 320. The smallest absolute Gasteiger partial charge is 0.306 e. The molecule has 0 aliphatic rings. The number of carboxylic acid groups (broad SMARTS) is 1. The first-order valence-corrected chi connectivity index (χ1v) is 5.38. The molecule has 0 aliphatic carbocycles. The predicted octanol–water partition coefficient (Wildman–Crippen LogP) is 1.95. The van der Waals surface area contributed by atoms with E-state index < -0.39 is 5.97 Å². The van der Waals surface area contributed by atoms with Gasteiger partial charge in [0.05, 0.1) is 5.92 Å². The van der Waals surface area contributed by atoms with Crippen LogP contribution in [0.15, 0.2) is 12.4 Å². The number of carboxylic acids is 1. The standard InChI is InChI=1S/C11H18N2O2/c1-3-4-6-13-7-5-12-10(13)8-9(2)11(14)15/h5,7,9H,3-4,6,8H2,1-2H3,(H,14,15). The number of aryl methyl sites for hydroxylation is 1. The molecule has 0 aliphatic heterocycles. The number of aromatic nitrogens is 2. The Morgan fingerprint density at radius 1 is 1.67 bits per heavy atom. The fourth-order valence-corrected chi connectivity index (χ4v) is 1.42. The molecule has 0 saturated heterocycles. The van der Waals surface area contributed by atoms with Crippen molar-refractivity contribution in [3.05, 3.63) is 18.2 Å². The molecule has 1 atom stereocenters. The zero-order valence-corrected chi connectivity index (χ0v) is 9.31. The summed E-state index contributed by atoms with van der Waals surface area (Å²) < 4.78 is 2.04. The quantitative estimate of drug-likeness (QED) is 0.780. The van der Waals surface area contributed by atoms with Crippen LogP contribution in [0.4, 0.5) is 0 Å². The van der Waals surface area contributed by atoms with E-state index >= 15 is 0 Å². The van der Waals surface area contributed by atoms with E-state index in [-0.39, 0.29) is 5.92 Å². The van der Waals surface area contributed by atoms with Crippen molar-refractivity contribution in [2.45, 2.75) is 39.7 Å². The second-order valence-corrected chi connectivity index (χ2v) is 3.83. The van der Waals surface area contributed by atoms with E-state index in [0.717, 1.165) is 25.2 Å². The van der Waals surface area contributed by atoms with Gasteiger partial charge in [-0.15, -0.1) is 0 Å². The van der Waals surface area contributed by atoms with Gasteiger partial charge in [-0.1, -0.05) is 20.3 Å². The van der Waals surface area contributed by atoms with Crippen LogP contribution in [0.1, 0.15) is 32.5 Å². The van der Waals surface area contributed by atoms with Crippen LogP contribution >= 0.6 is 0 Å². The van der Waals surface area contributed by atoms with Crippen molar-refractivity contribution in [3.63, 3.8) is 0 Å². The van der Waals surface area contributed by atoms with Crippen LogP contribution in [0.3, 0.4) is 0 Å². The minimum atomic E-state index is -0.764. The Kier molecular flexibility index (Phi) is 4.34. The van der Waals surface area contributed by atoms with Gasteiger partial charge in [-0.3, -0.25) is 4.79 Å². The lowest BCUT2D eigenvalue weighted by Crippen LogP contribution is -2.15. The summed E-state index contributed by atoms with van der Waals surface area (Å²) in [5.41, 5.74) is 0. The molecule has 0 bridgehead atoms. The summed E-state index contributed by atoms with van der Waals surface area (Å²) in [4.78, 5) is 14.9. The van der Waals surface area contributed by atoms with Gasteiger partial charge in [0.1, 0.15) is 5.82 Å². The normalized spacial score (nSPS) is 12.7. The predicted molar refractivity (Wildman–Crippen MR) is 57.6 cm³/mol. The monoisotopic (exact) mass is 210 g/mol. The van der Waals surface area contributed by atoms with Crippen LogP contribution in [0, 0.1) is 5.92 Å². The van der Waals surface area contributed by atoms with Gasteiger partial charge in [0, 0.05) is 25.4 Å². The maximum absolute atomic E-state index is 10.7. The Hall–Kier alpha value is -1.32. The fourth-order valence-electron chi connectivity index (χ4n) is 1.42. The minimum Gasteiger partial charge on any atom is -0.481 e. The van der Waals surface area contributed by atoms with Crippen molar-refractivity contribution in [1.29, 1.82) is 0 Å². The zero-order chi connectivity index (χ0) is 11.3. The van der Waals surface area contributed by atoms with Crippen LogP contribution in [-0.4, -0.2) is 20.6 Å². The summed E-state index contributed by atoms with van der Waals surface area (Å²) in [5, 5.41) is 8.81. The Morgan fingerprint density at radius 3 is 3.00 bits per heavy atom. The number of imidazole rings is 1. The number of unbranched alkanes of at least 4 members (excludes halogenated alkanes) is 1. The van der Waals surface area contributed by atoms with E-state index in [9.17, 15) is 4.79 Å². The lowest BCUT2D eigenvalue weighted by atomic mass is 10.1. The summed E-state index contributed by atoms with van der Waals surface area (Å²) >= 11 is 0. The Morgan fingerprint density at radius 2 is 2.40 bits per heavy atom. The first-order valence-electron chi connectivity index (χ1n) is 5.38. The third-order valence-corrected chi connectivity index (χ3v) is 2.46. The molecule has 15 heavy (non-hydrogen) atoms. The molecule has 1 aromatic heterocycles. The van der Waals surface area contributed by atoms with Crippen molar-refractivity contribution in [2.75, 3.05) is 0 Å². The Balaban J connectivity index is 2.60. The Labute approximate surface area is 89.9 Å². The summed E-state index contributed by atoms with van der Waals surface area (Å²) in [6, 6.07) is 0. The minimum absolute atomic E-state index is 0.368. The van der Waals surface area contributed by atoms with Crippen molar-refractivity contribution in [2.24, 2.45) is 5.92 Å². The van der Waals surface area contributed by atoms with Gasteiger partial charge < -0.3 is 9.67 Å². The number of hydrogen-bond acceptors (Lipinski definition) is 2. The second kappa shape index (κ2) is 5.53. The molecule has 1 N–H and O–H groups in total. The van der Waals surface area contributed by atoms with Gasteiger partial charge in [0.25, 0.3) is 0 Å². The third-order valence-electron chi connectivity index (χ3n) is 2.46. The van der Waals surface area contributed by atoms with Gasteiger partial charge in [0.2, 0.25) is 0 Å². The molecule has 0 fully saturated rings. The van der Waals surface area contributed by atoms with E-state index in [0.29, 0.717) is 6.42 Å². The largest absolute Gasteiger partial charge is 0.481 e. The van der Waals surface area contributed by atoms with E-state index in [1.165, 1.54) is 0 Å². The topological polar surface area (TPSA) is 55.1 Å². The summed E-state index contributed by atoms with van der Waals surface area (Å²) in [7, 11) is 0. The average molecular weight is 210 g/mol. The first kappa shape index (κ1) is 11.8. The lowest BCUT2D eigenvalue weighted by Gasteiger charge is -2.09. The molecular formula is C11H18N2O2. The highest BCUT2D eigenvalue weighted by Crippen LogP contribution is 2.08. The molecular weight excluding hydrogens is 192 g/mol. The maximum Gasteiger partial charge on any atom is 0.306 e. The molecule has 1 aromatic rings. The highest BCUT2D eigenvalue weighted by atomic mass is 16.4. The first-order chi connectivity index (χ1) is 7.15. The highest BCUT2D eigenvalue weighted by Gasteiger charge is 2.14. The van der Waals surface area contributed by atoms with Crippen LogP contribution < -0.4 is 0 Å². The number of carbonyl (C=O) groups is 1. The molecule has 4 nitrogen and oxygen atoms in total. The van der Waals surface area contributed by atoms with Crippen LogP contribution in [0.25, 0.3) is 0 Å². The van der Waals surface area contributed by atoms with E-state index in [1.807, 2.05) is 10.8 Å². The molecule has 0 spiro atoms. The molecule has 0 amide bonds. The molecule has 1 heterocycles. The zero-order valence-electron chi connectivity index (χ0n) is 9.31. The second-order valence-electron chi connectivity index (χ2n) is 3.83. The summed E-state index contributed by atoms with van der Waals surface area (Å²) in [6.07, 6.45) is 6.39. The van der Waals surface area contributed by atoms with Gasteiger partial charge in [-0.25, -0.2) is 4.98 Å². The van der Waals surface area contributed by atoms with E-state index in [4.69, 9.17) is 5.11 Å². The van der Waals surface area contributed by atoms with E-state index in [2.05, 4.69) is 11.9 Å². The van der Waals surface area contributed by atoms with Gasteiger partial charge in [0.15, 0.2) is 0 Å². The van der Waals surface area contributed by atoms with Gasteiger partial charge >= 0.3 is 5.97 Å². The molecule has 0 saturated carbocycles. The third kappa shape index (κ3) is 3.38. The average Bonchev–Trinajstić information content (AvgIpc) is 2.62. The summed E-state index contributed by atoms with van der Waals surface area (Å²) in [5.74, 6) is -0.258. The molecule has 1 unspecified atom stereocenters. The van der Waals surface area contributed by atoms with Crippen molar-refractivity contribution < 1.29 is 9.90 Å². The van der Waals surface area contributed by atoms with Crippen LogP contribution in [0.2, 0.25) is 0 Å². The van der Waals surface area contributed by atoms with Crippen molar-refractivity contribution in [3.8, 4) is 0 Å². The van der Waals surface area contributed by atoms with Crippen LogP contribution in [-0.2, 0) is 17.8 Å². The molecule has 4 heteroatoms. The number of hydrogen-bond donors (Lipinski definition) is 1. The maximum atomic E-state index is 10.7. The molecule has 84 valence electrons. The summed E-state index contributed by atoms with van der Waals surface area (Å²) in [6.45, 7) is 4.77. The fraction of sp³-hybridized carbons (Fsp3) is 0.636. The van der Waals surface area contributed by atoms with Crippen molar-refractivity contribution in [1.82, 2.24) is 9.55 Å². The SMILES string of the molecule is CCCCn1ccnc1CC(C)C(=O)O. The van der Waals surface area contributed by atoms with Crippen molar-refractivity contribution >= 4 is 5.97 Å². The van der Waals surface area contributed by atoms with E-state index in [1.54, 1.807) is 13.1 Å². The number of nitrogens with zero attached hydrogens (tertiary/aromatic N) is 2. The lowest BCUT2D eigenvalue weighted by molar-refractivity contribution is -0.141. The highest BCUT2D eigenvalue weighted by molar-refractivity contribution is 5.69. The van der Waals surface area contributed by atoms with Gasteiger partial charge in [-0.05, 0) is 6.42 Å². The number of rotatable bonds is 6. The molecule has 0 aromatic carbocycles. The van der Waals surface area contributed by atoms with Gasteiger partial charge in [-0.2, -0.15) is 0 Å². The van der Waals surface area contributed by atoms with Crippen LogP contribution in [0.5, 0.6) is 0 Å².